The van der Waals surface area contributed by atoms with Crippen molar-refractivity contribution in [3.05, 3.63) is 53.2 Å². The number of hydrogen-bond acceptors (Lipinski definition) is 6. The fourth-order valence-electron chi connectivity index (χ4n) is 4.84. The van der Waals surface area contributed by atoms with Crippen molar-refractivity contribution >= 4 is 40.4 Å². The first-order chi connectivity index (χ1) is 17.4. The summed E-state index contributed by atoms with van der Waals surface area (Å²) in [5, 5.41) is 10.4. The maximum Gasteiger partial charge on any atom is 0.256 e. The Hall–Kier alpha value is -3.24. The molecule has 3 heterocycles. The van der Waals surface area contributed by atoms with E-state index in [4.69, 9.17) is 11.6 Å². The van der Waals surface area contributed by atoms with Crippen LogP contribution in [0.1, 0.15) is 36.0 Å². The van der Waals surface area contributed by atoms with Crippen LogP contribution in [0.5, 0.6) is 0 Å². The highest BCUT2D eigenvalue weighted by molar-refractivity contribution is 6.33. The van der Waals surface area contributed by atoms with E-state index in [1.807, 2.05) is 6.20 Å². The first kappa shape index (κ1) is 24.5. The molecule has 0 bridgehead atoms. The van der Waals surface area contributed by atoms with Crippen LogP contribution in [0.15, 0.2) is 36.8 Å². The zero-order valence-electron chi connectivity index (χ0n) is 20.1. The van der Waals surface area contributed by atoms with Crippen LogP contribution in [0.3, 0.4) is 0 Å². The van der Waals surface area contributed by atoms with Gasteiger partial charge in [-0.05, 0) is 50.9 Å². The standard InChI is InChI=1S/C25H29ClFN7O2/c1-32-8-10-33(11-9-32)19-13-28-23-20(14-29-34(23)15-19)25(36)30-18-5-2-16(3-6-18)24(35)31-22-7-4-17(27)12-21(22)26/h4,7,12-16,18H,2-3,5-6,8-11H2,1H3,(H,30,36)(H,31,35). The lowest BCUT2D eigenvalue weighted by Crippen LogP contribution is -2.44. The Morgan fingerprint density at radius 1 is 1.08 bits per heavy atom. The first-order valence-corrected chi connectivity index (χ1v) is 12.6. The van der Waals surface area contributed by atoms with Crippen molar-refractivity contribution in [2.24, 2.45) is 5.92 Å². The number of halogens is 2. The highest BCUT2D eigenvalue weighted by atomic mass is 35.5. The van der Waals surface area contributed by atoms with Gasteiger partial charge in [0.1, 0.15) is 11.4 Å². The average Bonchev–Trinajstić information content (AvgIpc) is 3.30. The van der Waals surface area contributed by atoms with Crippen LogP contribution in [-0.4, -0.2) is 70.6 Å². The van der Waals surface area contributed by atoms with Crippen molar-refractivity contribution in [1.29, 1.82) is 0 Å². The molecule has 3 aromatic rings. The predicted molar refractivity (Wildman–Crippen MR) is 136 cm³/mol. The van der Waals surface area contributed by atoms with Crippen LogP contribution in [0, 0.1) is 11.7 Å². The normalized spacial score (nSPS) is 20.9. The maximum absolute atomic E-state index is 13.2. The number of rotatable bonds is 5. The third-order valence-electron chi connectivity index (χ3n) is 7.08. The summed E-state index contributed by atoms with van der Waals surface area (Å²) in [6.07, 6.45) is 7.91. The van der Waals surface area contributed by atoms with E-state index in [1.54, 1.807) is 16.9 Å². The zero-order chi connectivity index (χ0) is 25.2. The third-order valence-corrected chi connectivity index (χ3v) is 7.39. The quantitative estimate of drug-likeness (QED) is 0.544. The Morgan fingerprint density at radius 3 is 2.56 bits per heavy atom. The number of piperazine rings is 1. The van der Waals surface area contributed by atoms with Crippen molar-refractivity contribution < 1.29 is 14.0 Å². The van der Waals surface area contributed by atoms with Gasteiger partial charge in [0, 0.05) is 38.1 Å². The molecule has 0 spiro atoms. The van der Waals surface area contributed by atoms with Gasteiger partial charge in [0.15, 0.2) is 5.65 Å². The van der Waals surface area contributed by atoms with Gasteiger partial charge in [0.25, 0.3) is 5.91 Å². The fourth-order valence-corrected chi connectivity index (χ4v) is 5.06. The molecular formula is C25H29ClFN7O2. The molecule has 36 heavy (non-hydrogen) atoms. The molecule has 0 radical (unpaired) electrons. The lowest BCUT2D eigenvalue weighted by Gasteiger charge is -2.33. The summed E-state index contributed by atoms with van der Waals surface area (Å²) in [5.41, 5.74) is 2.35. The second-order valence-corrected chi connectivity index (χ2v) is 9.97. The number of anilines is 2. The largest absolute Gasteiger partial charge is 0.366 e. The summed E-state index contributed by atoms with van der Waals surface area (Å²) in [5.74, 6) is -0.996. The van der Waals surface area contributed by atoms with Gasteiger partial charge in [-0.15, -0.1) is 0 Å². The van der Waals surface area contributed by atoms with Crippen LogP contribution in [0.25, 0.3) is 5.65 Å². The minimum Gasteiger partial charge on any atom is -0.366 e. The molecule has 11 heteroatoms. The molecule has 1 aromatic carbocycles. The molecule has 2 aliphatic rings. The highest BCUT2D eigenvalue weighted by Gasteiger charge is 2.28. The first-order valence-electron chi connectivity index (χ1n) is 12.2. The Labute approximate surface area is 213 Å². The monoisotopic (exact) mass is 513 g/mol. The molecule has 1 aliphatic heterocycles. The molecule has 2 N–H and O–H groups in total. The molecule has 5 rings (SSSR count). The van der Waals surface area contributed by atoms with Gasteiger partial charge < -0.3 is 20.4 Å². The van der Waals surface area contributed by atoms with Crippen LogP contribution in [0.2, 0.25) is 5.02 Å². The molecule has 2 fully saturated rings. The smallest absolute Gasteiger partial charge is 0.256 e. The number of carbonyl (C=O) groups excluding carboxylic acids is 2. The minimum atomic E-state index is -0.453. The summed E-state index contributed by atoms with van der Waals surface area (Å²) in [4.78, 5) is 34.7. The van der Waals surface area contributed by atoms with E-state index in [2.05, 4.69) is 37.6 Å². The zero-order valence-corrected chi connectivity index (χ0v) is 20.8. The Morgan fingerprint density at radius 2 is 1.83 bits per heavy atom. The lowest BCUT2D eigenvalue weighted by molar-refractivity contribution is -0.120. The molecule has 0 atom stereocenters. The van der Waals surface area contributed by atoms with Gasteiger partial charge in [-0.25, -0.2) is 13.9 Å². The fraction of sp³-hybridized carbons (Fsp3) is 0.440. The van der Waals surface area contributed by atoms with E-state index in [0.29, 0.717) is 42.6 Å². The summed E-state index contributed by atoms with van der Waals surface area (Å²) >= 11 is 6.02. The number of likely N-dealkylation sites (N-methyl/N-ethyl adjacent to an activating group) is 1. The van der Waals surface area contributed by atoms with Crippen molar-refractivity contribution in [2.75, 3.05) is 43.4 Å². The summed E-state index contributed by atoms with van der Waals surface area (Å²) < 4.78 is 14.9. The van der Waals surface area contributed by atoms with Crippen LogP contribution >= 0.6 is 11.6 Å². The molecule has 1 aliphatic carbocycles. The van der Waals surface area contributed by atoms with Crippen molar-refractivity contribution in [3.8, 4) is 0 Å². The van der Waals surface area contributed by atoms with E-state index in [9.17, 15) is 14.0 Å². The van der Waals surface area contributed by atoms with Crippen molar-refractivity contribution in [1.82, 2.24) is 24.8 Å². The number of amides is 2. The third kappa shape index (κ3) is 5.29. The van der Waals surface area contributed by atoms with Crippen molar-refractivity contribution in [3.63, 3.8) is 0 Å². The number of fused-ring (bicyclic) bond motifs is 1. The van der Waals surface area contributed by atoms with Gasteiger partial charge in [0.2, 0.25) is 5.91 Å². The molecule has 2 aromatic heterocycles. The van der Waals surface area contributed by atoms with E-state index in [-0.39, 0.29) is 28.8 Å². The molecule has 190 valence electrons. The summed E-state index contributed by atoms with van der Waals surface area (Å²) in [7, 11) is 2.11. The number of carbonyl (C=O) groups is 2. The second kappa shape index (κ2) is 10.4. The predicted octanol–water partition coefficient (Wildman–Crippen LogP) is 3.20. The molecule has 9 nitrogen and oxygen atoms in total. The summed E-state index contributed by atoms with van der Waals surface area (Å²) in [6, 6.07) is 3.86. The Balaban J connectivity index is 1.16. The van der Waals surface area contributed by atoms with E-state index in [1.165, 1.54) is 18.2 Å². The summed E-state index contributed by atoms with van der Waals surface area (Å²) in [6.45, 7) is 3.84. The molecule has 1 saturated carbocycles. The average molecular weight is 514 g/mol. The molecule has 1 saturated heterocycles. The minimum absolute atomic E-state index is 0.0319. The lowest BCUT2D eigenvalue weighted by atomic mass is 9.85. The van der Waals surface area contributed by atoms with E-state index >= 15 is 0 Å². The second-order valence-electron chi connectivity index (χ2n) is 9.56. The van der Waals surface area contributed by atoms with E-state index in [0.717, 1.165) is 31.9 Å². The van der Waals surface area contributed by atoms with Gasteiger partial charge in [-0.2, -0.15) is 5.10 Å². The number of nitrogens with one attached hydrogen (secondary N) is 2. The number of hydrogen-bond donors (Lipinski definition) is 2. The maximum atomic E-state index is 13.2. The molecular weight excluding hydrogens is 485 g/mol. The number of aromatic nitrogens is 3. The van der Waals surface area contributed by atoms with Gasteiger partial charge >= 0.3 is 0 Å². The van der Waals surface area contributed by atoms with Gasteiger partial charge in [-0.1, -0.05) is 11.6 Å². The van der Waals surface area contributed by atoms with Crippen LogP contribution in [0.4, 0.5) is 15.8 Å². The Kier molecular flexibility index (Phi) is 7.06. The van der Waals surface area contributed by atoms with Crippen LogP contribution < -0.4 is 15.5 Å². The van der Waals surface area contributed by atoms with E-state index < -0.39 is 5.82 Å². The van der Waals surface area contributed by atoms with Crippen molar-refractivity contribution in [2.45, 2.75) is 31.7 Å². The molecule has 2 amide bonds. The SMILES string of the molecule is CN1CCN(c2cnc3c(C(=O)NC4CCC(C(=O)Nc5ccc(F)cc5Cl)CC4)cnn3c2)CC1. The topological polar surface area (TPSA) is 94.9 Å². The highest BCUT2D eigenvalue weighted by Crippen LogP contribution is 2.28. The molecule has 0 unspecified atom stereocenters. The number of nitrogens with zero attached hydrogens (tertiary/aromatic N) is 5. The van der Waals surface area contributed by atoms with Gasteiger partial charge in [-0.3, -0.25) is 9.59 Å². The van der Waals surface area contributed by atoms with Gasteiger partial charge in [0.05, 0.1) is 35.0 Å². The number of benzene rings is 1. The Bertz CT molecular complexity index is 1270. The van der Waals surface area contributed by atoms with Crippen LogP contribution in [-0.2, 0) is 4.79 Å².